The smallest absolute Gasteiger partial charge is 0.260 e. The first-order valence-electron chi connectivity index (χ1n) is 3.86. The Hall–Kier alpha value is -0.870. The molecule has 1 aliphatic heterocycles. The number of hydrogen-bond donors (Lipinski definition) is 2. The predicted molar refractivity (Wildman–Crippen MR) is 52.3 cm³/mol. The van der Waals surface area contributed by atoms with Crippen molar-refractivity contribution in [1.82, 2.24) is 0 Å². The number of aliphatic hydroxyl groups is 1. The highest BCUT2D eigenvalue weighted by molar-refractivity contribution is 9.10. The van der Waals surface area contributed by atoms with Gasteiger partial charge in [0.2, 0.25) is 0 Å². The van der Waals surface area contributed by atoms with E-state index in [1.54, 1.807) is 12.1 Å². The third kappa shape index (κ3) is 1.09. The number of anilines is 1. The van der Waals surface area contributed by atoms with E-state index in [-0.39, 0.29) is 5.91 Å². The number of halogens is 1. The first-order valence-corrected chi connectivity index (χ1v) is 4.65. The van der Waals surface area contributed by atoms with Gasteiger partial charge in [0.15, 0.2) is 5.60 Å². The van der Waals surface area contributed by atoms with Crippen LogP contribution in [0, 0.1) is 0 Å². The zero-order chi connectivity index (χ0) is 9.64. The molecule has 0 aliphatic carbocycles. The molecular formula is C9H8BrNO2. The minimum atomic E-state index is -1.40. The Bertz CT molecular complexity index is 387. The van der Waals surface area contributed by atoms with Crippen molar-refractivity contribution in [2.45, 2.75) is 12.5 Å². The quantitative estimate of drug-likeness (QED) is 0.726. The van der Waals surface area contributed by atoms with E-state index in [2.05, 4.69) is 21.2 Å². The van der Waals surface area contributed by atoms with Crippen LogP contribution in [0.5, 0.6) is 0 Å². The lowest BCUT2D eigenvalue weighted by Crippen LogP contribution is -2.30. The Morgan fingerprint density at radius 1 is 1.54 bits per heavy atom. The van der Waals surface area contributed by atoms with Crippen LogP contribution >= 0.6 is 15.9 Å². The molecule has 1 aliphatic rings. The molecule has 3 nitrogen and oxygen atoms in total. The number of carbonyl (C=O) groups is 1. The standard InChI is InChI=1S/C9H8BrNO2/c1-9(13)5-3-2-4-6(10)7(5)11-8(9)12/h2-4,13H,1H3,(H,11,12). The third-order valence-corrected chi connectivity index (χ3v) is 2.88. The molecule has 1 amide bonds. The normalized spacial score (nSPS) is 25.6. The molecule has 0 saturated carbocycles. The minimum Gasteiger partial charge on any atom is -0.375 e. The Morgan fingerprint density at radius 3 is 2.85 bits per heavy atom. The van der Waals surface area contributed by atoms with Crippen LogP contribution in [0.15, 0.2) is 22.7 Å². The number of rotatable bonds is 0. The van der Waals surface area contributed by atoms with Gasteiger partial charge in [-0.3, -0.25) is 4.79 Å². The molecule has 1 aromatic carbocycles. The van der Waals surface area contributed by atoms with E-state index in [1.807, 2.05) is 6.07 Å². The van der Waals surface area contributed by atoms with Crippen molar-refractivity contribution in [3.63, 3.8) is 0 Å². The van der Waals surface area contributed by atoms with Crippen molar-refractivity contribution in [3.05, 3.63) is 28.2 Å². The molecule has 1 atom stereocenters. The Morgan fingerprint density at radius 2 is 2.23 bits per heavy atom. The van der Waals surface area contributed by atoms with Crippen molar-refractivity contribution in [3.8, 4) is 0 Å². The average Bonchev–Trinajstić information content (AvgIpc) is 2.28. The molecule has 0 spiro atoms. The summed E-state index contributed by atoms with van der Waals surface area (Å²) in [4.78, 5) is 11.3. The molecule has 2 N–H and O–H groups in total. The van der Waals surface area contributed by atoms with Crippen LogP contribution in [0.4, 0.5) is 5.69 Å². The second-order valence-corrected chi connectivity index (χ2v) is 4.04. The maximum Gasteiger partial charge on any atom is 0.260 e. The third-order valence-electron chi connectivity index (χ3n) is 2.22. The van der Waals surface area contributed by atoms with Gasteiger partial charge in [0.1, 0.15) is 0 Å². The van der Waals surface area contributed by atoms with Crippen molar-refractivity contribution in [2.24, 2.45) is 0 Å². The molecule has 13 heavy (non-hydrogen) atoms. The predicted octanol–water partition coefficient (Wildman–Crippen LogP) is 1.61. The van der Waals surface area contributed by atoms with Crippen molar-refractivity contribution >= 4 is 27.5 Å². The average molecular weight is 242 g/mol. The van der Waals surface area contributed by atoms with Crippen LogP contribution < -0.4 is 5.32 Å². The lowest BCUT2D eigenvalue weighted by atomic mass is 9.98. The Labute approximate surface area is 83.9 Å². The highest BCUT2D eigenvalue weighted by Crippen LogP contribution is 2.39. The molecule has 0 radical (unpaired) electrons. The van der Waals surface area contributed by atoms with E-state index in [1.165, 1.54) is 6.92 Å². The molecule has 0 fully saturated rings. The number of hydrogen-bond acceptors (Lipinski definition) is 2. The summed E-state index contributed by atoms with van der Waals surface area (Å²) in [5.74, 6) is -0.380. The molecule has 0 saturated heterocycles. The van der Waals surface area contributed by atoms with Crippen molar-refractivity contribution in [2.75, 3.05) is 5.32 Å². The van der Waals surface area contributed by atoms with Gasteiger partial charge < -0.3 is 10.4 Å². The summed E-state index contributed by atoms with van der Waals surface area (Å²) in [5.41, 5.74) is -0.122. The lowest BCUT2D eigenvalue weighted by Gasteiger charge is -2.13. The van der Waals surface area contributed by atoms with Gasteiger partial charge in [-0.2, -0.15) is 0 Å². The van der Waals surface area contributed by atoms with Gasteiger partial charge in [0, 0.05) is 10.0 Å². The largest absolute Gasteiger partial charge is 0.375 e. The molecule has 1 unspecified atom stereocenters. The number of carbonyl (C=O) groups excluding carboxylic acids is 1. The number of amides is 1. The summed E-state index contributed by atoms with van der Waals surface area (Å²) in [7, 11) is 0. The van der Waals surface area contributed by atoms with Gasteiger partial charge in [0.05, 0.1) is 5.69 Å². The van der Waals surface area contributed by atoms with Gasteiger partial charge in [0.25, 0.3) is 5.91 Å². The number of para-hydroxylation sites is 1. The first kappa shape index (κ1) is 8.72. The lowest BCUT2D eigenvalue weighted by molar-refractivity contribution is -0.131. The number of benzene rings is 1. The molecule has 2 rings (SSSR count). The zero-order valence-electron chi connectivity index (χ0n) is 6.97. The Kier molecular flexibility index (Phi) is 1.72. The fourth-order valence-electron chi connectivity index (χ4n) is 1.41. The second-order valence-electron chi connectivity index (χ2n) is 3.19. The van der Waals surface area contributed by atoms with Gasteiger partial charge in [-0.1, -0.05) is 12.1 Å². The van der Waals surface area contributed by atoms with Crippen molar-refractivity contribution in [1.29, 1.82) is 0 Å². The van der Waals surface area contributed by atoms with E-state index >= 15 is 0 Å². The van der Waals surface area contributed by atoms with Crippen LogP contribution in [0.3, 0.4) is 0 Å². The van der Waals surface area contributed by atoms with E-state index < -0.39 is 5.60 Å². The monoisotopic (exact) mass is 241 g/mol. The summed E-state index contributed by atoms with van der Waals surface area (Å²) < 4.78 is 0.788. The van der Waals surface area contributed by atoms with Crippen LogP contribution in [-0.2, 0) is 10.4 Å². The zero-order valence-corrected chi connectivity index (χ0v) is 8.55. The maximum atomic E-state index is 11.3. The molecule has 0 bridgehead atoms. The topological polar surface area (TPSA) is 49.3 Å². The number of fused-ring (bicyclic) bond motifs is 1. The molecular weight excluding hydrogens is 234 g/mol. The van der Waals surface area contributed by atoms with Gasteiger partial charge in [-0.05, 0) is 28.9 Å². The SMILES string of the molecule is CC1(O)C(=O)Nc2c(Br)cccc21. The molecule has 68 valence electrons. The van der Waals surface area contributed by atoms with E-state index in [0.29, 0.717) is 11.3 Å². The maximum absolute atomic E-state index is 11.3. The van der Waals surface area contributed by atoms with E-state index in [0.717, 1.165) is 4.47 Å². The van der Waals surface area contributed by atoms with Crippen LogP contribution in [-0.4, -0.2) is 11.0 Å². The molecule has 1 aromatic rings. The molecule has 4 heteroatoms. The summed E-state index contributed by atoms with van der Waals surface area (Å²) in [6.45, 7) is 1.49. The molecule has 1 heterocycles. The summed E-state index contributed by atoms with van der Waals surface area (Å²) in [5, 5.41) is 12.4. The van der Waals surface area contributed by atoms with Crippen LogP contribution in [0.25, 0.3) is 0 Å². The summed E-state index contributed by atoms with van der Waals surface area (Å²) >= 11 is 3.30. The highest BCUT2D eigenvalue weighted by Gasteiger charge is 2.41. The summed E-state index contributed by atoms with van der Waals surface area (Å²) in [6, 6.07) is 5.34. The first-order chi connectivity index (χ1) is 6.03. The fraction of sp³-hybridized carbons (Fsp3) is 0.222. The number of nitrogens with one attached hydrogen (secondary N) is 1. The Balaban J connectivity index is 2.68. The second kappa shape index (κ2) is 2.56. The summed E-state index contributed by atoms with van der Waals surface area (Å²) in [6.07, 6.45) is 0. The minimum absolute atomic E-state index is 0.380. The van der Waals surface area contributed by atoms with Gasteiger partial charge in [-0.15, -0.1) is 0 Å². The van der Waals surface area contributed by atoms with Crippen molar-refractivity contribution < 1.29 is 9.90 Å². The fourth-order valence-corrected chi connectivity index (χ4v) is 1.88. The van der Waals surface area contributed by atoms with Crippen LogP contribution in [0.2, 0.25) is 0 Å². The van der Waals surface area contributed by atoms with Gasteiger partial charge >= 0.3 is 0 Å². The van der Waals surface area contributed by atoms with E-state index in [9.17, 15) is 9.90 Å². The van der Waals surface area contributed by atoms with E-state index in [4.69, 9.17) is 0 Å². The highest BCUT2D eigenvalue weighted by atomic mass is 79.9. The van der Waals surface area contributed by atoms with Crippen LogP contribution in [0.1, 0.15) is 12.5 Å². The molecule has 0 aromatic heterocycles. The van der Waals surface area contributed by atoms with Gasteiger partial charge in [-0.25, -0.2) is 0 Å².